The van der Waals surface area contributed by atoms with Crippen LogP contribution in [0.25, 0.3) is 34.4 Å². The van der Waals surface area contributed by atoms with Gasteiger partial charge in [-0.25, -0.2) is 0 Å². The maximum atomic E-state index is 7.59. The number of fused-ring (bicyclic) bond motifs is 2. The fraction of sp³-hybridized carbons (Fsp3) is 0.152. The summed E-state index contributed by atoms with van der Waals surface area (Å²) in [4.78, 5) is -1.36. The van der Waals surface area contributed by atoms with E-state index in [9.17, 15) is 0 Å². The molecule has 0 fully saturated rings. The van der Waals surface area contributed by atoms with Crippen LogP contribution in [0.4, 0.5) is 0 Å². The van der Waals surface area contributed by atoms with Gasteiger partial charge in [-0.05, 0) is 69.5 Å². The van der Waals surface area contributed by atoms with Crippen LogP contribution >= 0.6 is 23.2 Å². The first-order valence-corrected chi connectivity index (χ1v) is 12.8. The Hall–Kier alpha value is -2.18. The minimum absolute atomic E-state index is 0. The molecule has 176 valence electrons. The molecule has 0 saturated heterocycles. The van der Waals surface area contributed by atoms with Gasteiger partial charge in [0.1, 0.15) is 0 Å². The first-order valence-electron chi connectivity index (χ1n) is 12.0. The zero-order chi connectivity index (χ0) is 24.2. The summed E-state index contributed by atoms with van der Waals surface area (Å²) in [7, 11) is 0. The maximum Gasteiger partial charge on any atom is 0.0934 e. The van der Waals surface area contributed by atoms with E-state index in [0.29, 0.717) is 6.42 Å². The van der Waals surface area contributed by atoms with Crippen LogP contribution in [0, 0.1) is 0 Å². The minimum atomic E-state index is -0.679. The van der Waals surface area contributed by atoms with Gasteiger partial charge in [-0.1, -0.05) is 109 Å². The normalized spacial score (nSPS) is 21.8. The van der Waals surface area contributed by atoms with Crippen molar-refractivity contribution in [3.63, 3.8) is 0 Å². The molecule has 0 aliphatic heterocycles. The van der Waals surface area contributed by atoms with Crippen LogP contribution in [-0.2, 0) is 36.0 Å². The van der Waals surface area contributed by atoms with Crippen LogP contribution in [-0.4, -0.2) is 0 Å². The molecule has 0 nitrogen and oxygen atoms in total. The summed E-state index contributed by atoms with van der Waals surface area (Å²) >= 11 is 15.2. The van der Waals surface area contributed by atoms with E-state index in [0.717, 1.165) is 22.3 Å². The van der Waals surface area contributed by atoms with Crippen molar-refractivity contribution >= 4 is 35.4 Å². The van der Waals surface area contributed by atoms with Crippen LogP contribution in [0.2, 0.25) is 0 Å². The molecule has 0 saturated carbocycles. The molecule has 0 heterocycles. The number of halogens is 2. The molecule has 2 aliphatic rings. The van der Waals surface area contributed by atoms with Crippen molar-refractivity contribution in [1.29, 1.82) is 0 Å². The topological polar surface area (TPSA) is 0 Å². The van der Waals surface area contributed by atoms with Gasteiger partial charge < -0.3 is 0 Å². The molecule has 2 atom stereocenters. The summed E-state index contributed by atoms with van der Waals surface area (Å²) in [6.45, 7) is 4.27. The van der Waals surface area contributed by atoms with Crippen molar-refractivity contribution in [2.45, 2.75) is 30.0 Å². The quantitative estimate of drug-likeness (QED) is 0.210. The van der Waals surface area contributed by atoms with E-state index < -0.39 is 9.75 Å². The second-order valence-electron chi connectivity index (χ2n) is 9.70. The van der Waals surface area contributed by atoms with Gasteiger partial charge in [0, 0.05) is 32.6 Å². The molecule has 6 rings (SSSR count). The second-order valence-corrected chi connectivity index (χ2v) is 11.0. The summed E-state index contributed by atoms with van der Waals surface area (Å²) in [6, 6.07) is 33.9. The van der Waals surface area contributed by atoms with Crippen LogP contribution < -0.4 is 0 Å². The predicted molar refractivity (Wildman–Crippen MR) is 151 cm³/mol. The summed E-state index contributed by atoms with van der Waals surface area (Å²) < 4.78 is 0. The molecule has 3 heteroatoms. The Morgan fingerprint density at radius 1 is 0.528 bits per heavy atom. The smallest absolute Gasteiger partial charge is 0.0934 e. The van der Waals surface area contributed by atoms with Gasteiger partial charge in [-0.2, -0.15) is 0 Å². The number of benzene rings is 4. The predicted octanol–water partition coefficient (Wildman–Crippen LogP) is 9.81. The Kier molecular flexibility index (Phi) is 6.80. The maximum absolute atomic E-state index is 7.59. The standard InChI is InChI=1S/C33H26Cl2.Zr/c1-22-19-28-26(24-11-5-3-6-12-24)15-9-17-30(28)32(22,34)21-33(35)23(2)20-29-27(16-10-18-31(29)33)25-13-7-4-8-14-25;/h3-20H,21H2,1-2H3;. The monoisotopic (exact) mass is 582 g/mol. The summed E-state index contributed by atoms with van der Waals surface area (Å²) in [6.07, 6.45) is 5.09. The van der Waals surface area contributed by atoms with E-state index in [-0.39, 0.29) is 26.2 Å². The van der Waals surface area contributed by atoms with E-state index in [4.69, 9.17) is 23.2 Å². The van der Waals surface area contributed by atoms with Gasteiger partial charge in [0.25, 0.3) is 0 Å². The molecular weight excluding hydrogens is 558 g/mol. The van der Waals surface area contributed by atoms with E-state index in [1.807, 2.05) is 12.1 Å². The van der Waals surface area contributed by atoms with E-state index in [1.54, 1.807) is 0 Å². The molecule has 2 aliphatic carbocycles. The molecular formula is C33H26Cl2Zr. The minimum Gasteiger partial charge on any atom is -0.109 e. The number of rotatable bonds is 4. The third-order valence-electron chi connectivity index (χ3n) is 7.69. The molecule has 0 N–H and O–H groups in total. The van der Waals surface area contributed by atoms with Crippen LogP contribution in [0.15, 0.2) is 108 Å². The summed E-state index contributed by atoms with van der Waals surface area (Å²) in [5.74, 6) is 0. The molecule has 0 bridgehead atoms. The van der Waals surface area contributed by atoms with Gasteiger partial charge in [-0.15, -0.1) is 23.2 Å². The van der Waals surface area contributed by atoms with Crippen molar-refractivity contribution < 1.29 is 26.2 Å². The molecule has 0 spiro atoms. The van der Waals surface area contributed by atoms with Gasteiger partial charge in [0.05, 0.1) is 9.75 Å². The molecule has 0 radical (unpaired) electrons. The number of hydrogen-bond acceptors (Lipinski definition) is 0. The third kappa shape index (κ3) is 3.92. The van der Waals surface area contributed by atoms with Gasteiger partial charge in [0.2, 0.25) is 0 Å². The van der Waals surface area contributed by atoms with Gasteiger partial charge in [0.15, 0.2) is 0 Å². The molecule has 0 amide bonds. The number of alkyl halides is 2. The fourth-order valence-corrected chi connectivity index (χ4v) is 6.67. The SMILES string of the molecule is CC1=Cc2c(-c3ccccc3)cccc2C1(Cl)CC1(Cl)C(C)=Cc2c(-c3ccccc3)cccc21.[Zr]. The zero-order valence-corrected chi connectivity index (χ0v) is 24.3. The average molecular weight is 585 g/mol. The first kappa shape index (κ1) is 25.5. The van der Waals surface area contributed by atoms with Crippen molar-refractivity contribution in [3.8, 4) is 22.3 Å². The van der Waals surface area contributed by atoms with Crippen LogP contribution in [0.1, 0.15) is 42.5 Å². The molecule has 0 aromatic heterocycles. The molecule has 2 unspecified atom stereocenters. The van der Waals surface area contributed by atoms with Gasteiger partial charge in [-0.3, -0.25) is 0 Å². The Bertz CT molecular complexity index is 1390. The van der Waals surface area contributed by atoms with Crippen molar-refractivity contribution in [1.82, 2.24) is 0 Å². The van der Waals surface area contributed by atoms with Crippen molar-refractivity contribution in [2.24, 2.45) is 0 Å². The number of hydrogen-bond donors (Lipinski definition) is 0. The van der Waals surface area contributed by atoms with Crippen LogP contribution in [0.5, 0.6) is 0 Å². The zero-order valence-electron chi connectivity index (χ0n) is 20.4. The Morgan fingerprint density at radius 3 is 1.31 bits per heavy atom. The van der Waals surface area contributed by atoms with Crippen LogP contribution in [0.3, 0.4) is 0 Å². The summed E-state index contributed by atoms with van der Waals surface area (Å²) in [5.41, 5.74) is 11.8. The summed E-state index contributed by atoms with van der Waals surface area (Å²) in [5, 5.41) is 0. The third-order valence-corrected chi connectivity index (χ3v) is 8.97. The second kappa shape index (κ2) is 9.61. The molecule has 4 aromatic carbocycles. The first-order chi connectivity index (χ1) is 16.9. The Labute approximate surface area is 242 Å². The molecule has 36 heavy (non-hydrogen) atoms. The number of allylic oxidation sites excluding steroid dienone is 2. The van der Waals surface area contributed by atoms with Gasteiger partial charge >= 0.3 is 0 Å². The Morgan fingerprint density at radius 2 is 0.917 bits per heavy atom. The largest absolute Gasteiger partial charge is 0.109 e. The fourth-order valence-electron chi connectivity index (χ4n) is 5.76. The molecule has 4 aromatic rings. The Balaban J connectivity index is 0.00000267. The van der Waals surface area contributed by atoms with E-state index in [2.05, 4.69) is 111 Å². The van der Waals surface area contributed by atoms with Crippen molar-refractivity contribution in [3.05, 3.63) is 130 Å². The van der Waals surface area contributed by atoms with E-state index in [1.165, 1.54) is 33.4 Å². The van der Waals surface area contributed by atoms with E-state index >= 15 is 0 Å². The average Bonchev–Trinajstić information content (AvgIpc) is 3.29. The van der Waals surface area contributed by atoms with Crippen molar-refractivity contribution in [2.75, 3.05) is 0 Å².